The number of piperazine rings is 1. The van der Waals surface area contributed by atoms with Crippen molar-refractivity contribution in [1.29, 1.82) is 0 Å². The lowest BCUT2D eigenvalue weighted by molar-refractivity contribution is 0.147. The van der Waals surface area contributed by atoms with Gasteiger partial charge in [-0.1, -0.05) is 40.0 Å². The molecule has 1 aliphatic heterocycles. The van der Waals surface area contributed by atoms with Crippen LogP contribution in [0.4, 0.5) is 11.6 Å². The molecule has 1 saturated heterocycles. The number of aromatic nitrogens is 2. The summed E-state index contributed by atoms with van der Waals surface area (Å²) in [5.41, 5.74) is 0.247. The van der Waals surface area contributed by atoms with E-state index in [1.54, 1.807) is 6.33 Å². The molecule has 5 nitrogen and oxygen atoms in total. The molecule has 1 saturated carbocycles. The van der Waals surface area contributed by atoms with Gasteiger partial charge in [0.15, 0.2) is 0 Å². The first-order valence-corrected chi connectivity index (χ1v) is 9.56. The highest BCUT2D eigenvalue weighted by Gasteiger charge is 2.25. The van der Waals surface area contributed by atoms with Gasteiger partial charge in [0.2, 0.25) is 0 Å². The number of rotatable bonds is 4. The molecule has 2 aliphatic rings. The summed E-state index contributed by atoms with van der Waals surface area (Å²) in [4.78, 5) is 14.0. The minimum Gasteiger partial charge on any atom is -0.369 e. The van der Waals surface area contributed by atoms with Crippen molar-refractivity contribution in [3.63, 3.8) is 0 Å². The van der Waals surface area contributed by atoms with Crippen LogP contribution in [0.3, 0.4) is 0 Å². The van der Waals surface area contributed by atoms with Crippen molar-refractivity contribution >= 4 is 11.6 Å². The summed E-state index contributed by atoms with van der Waals surface area (Å²) in [6, 6.07) is 2.93. The molecule has 24 heavy (non-hydrogen) atoms. The lowest BCUT2D eigenvalue weighted by Crippen LogP contribution is -2.51. The van der Waals surface area contributed by atoms with E-state index in [-0.39, 0.29) is 5.41 Å². The fourth-order valence-corrected chi connectivity index (χ4v) is 3.73. The third-order valence-electron chi connectivity index (χ3n) is 5.18. The maximum Gasteiger partial charge on any atom is 0.134 e. The van der Waals surface area contributed by atoms with Crippen molar-refractivity contribution in [2.24, 2.45) is 5.41 Å². The van der Waals surface area contributed by atoms with E-state index in [2.05, 4.69) is 51.9 Å². The van der Waals surface area contributed by atoms with Gasteiger partial charge in [-0.05, 0) is 18.3 Å². The summed E-state index contributed by atoms with van der Waals surface area (Å²) in [5.74, 6) is 1.99. The van der Waals surface area contributed by atoms with Crippen molar-refractivity contribution in [2.75, 3.05) is 42.9 Å². The molecular weight excluding hydrogens is 298 g/mol. The van der Waals surface area contributed by atoms with Gasteiger partial charge in [-0.3, -0.25) is 4.90 Å². The van der Waals surface area contributed by atoms with E-state index in [4.69, 9.17) is 0 Å². The Balaban J connectivity index is 1.54. The highest BCUT2D eigenvalue weighted by atomic mass is 15.3. The maximum absolute atomic E-state index is 4.50. The molecule has 0 spiro atoms. The van der Waals surface area contributed by atoms with Crippen molar-refractivity contribution in [1.82, 2.24) is 14.9 Å². The third kappa shape index (κ3) is 4.82. The average molecular weight is 332 g/mol. The van der Waals surface area contributed by atoms with E-state index in [0.717, 1.165) is 37.3 Å². The smallest absolute Gasteiger partial charge is 0.134 e. The third-order valence-corrected chi connectivity index (χ3v) is 5.18. The highest BCUT2D eigenvalue weighted by molar-refractivity contribution is 5.48. The first-order chi connectivity index (χ1) is 11.5. The van der Waals surface area contributed by atoms with Crippen molar-refractivity contribution in [3.8, 4) is 0 Å². The second kappa shape index (κ2) is 7.68. The van der Waals surface area contributed by atoms with Crippen LogP contribution in [0.2, 0.25) is 0 Å². The Labute approximate surface area is 146 Å². The van der Waals surface area contributed by atoms with Gasteiger partial charge in [0.25, 0.3) is 0 Å². The lowest BCUT2D eigenvalue weighted by Gasteiger charge is -2.41. The van der Waals surface area contributed by atoms with Crippen LogP contribution in [0.15, 0.2) is 12.4 Å². The van der Waals surface area contributed by atoms with Gasteiger partial charge in [-0.2, -0.15) is 0 Å². The zero-order valence-electron chi connectivity index (χ0n) is 15.6. The van der Waals surface area contributed by atoms with E-state index < -0.39 is 0 Å². The van der Waals surface area contributed by atoms with Gasteiger partial charge < -0.3 is 10.2 Å². The van der Waals surface area contributed by atoms with E-state index in [0.29, 0.717) is 0 Å². The Morgan fingerprint density at radius 3 is 2.42 bits per heavy atom. The van der Waals surface area contributed by atoms with Crippen LogP contribution >= 0.6 is 0 Å². The van der Waals surface area contributed by atoms with Crippen LogP contribution in [0.25, 0.3) is 0 Å². The van der Waals surface area contributed by atoms with Gasteiger partial charge in [0.05, 0.1) is 0 Å². The SMILES string of the molecule is CC(C)(C)CNc1cc(N2CCN(C3CCCCC3)CC2)ncn1. The molecule has 1 aromatic heterocycles. The zero-order valence-corrected chi connectivity index (χ0v) is 15.6. The van der Waals surface area contributed by atoms with E-state index in [1.807, 2.05) is 0 Å². The van der Waals surface area contributed by atoms with E-state index >= 15 is 0 Å². The average Bonchev–Trinajstić information content (AvgIpc) is 2.61. The molecule has 1 N–H and O–H groups in total. The first-order valence-electron chi connectivity index (χ1n) is 9.56. The molecule has 3 rings (SSSR count). The van der Waals surface area contributed by atoms with Gasteiger partial charge in [-0.25, -0.2) is 9.97 Å². The molecule has 5 heteroatoms. The van der Waals surface area contributed by atoms with E-state index in [1.165, 1.54) is 45.2 Å². The second-order valence-corrected chi connectivity index (χ2v) is 8.49. The van der Waals surface area contributed by atoms with Crippen LogP contribution < -0.4 is 10.2 Å². The molecule has 0 unspecified atom stereocenters. The molecule has 2 fully saturated rings. The van der Waals surface area contributed by atoms with Gasteiger partial charge in [0, 0.05) is 44.8 Å². The minimum absolute atomic E-state index is 0.247. The summed E-state index contributed by atoms with van der Waals surface area (Å²) in [5, 5.41) is 3.44. The number of hydrogen-bond donors (Lipinski definition) is 1. The number of anilines is 2. The largest absolute Gasteiger partial charge is 0.369 e. The predicted octanol–water partition coefficient (Wildman–Crippen LogP) is 3.39. The molecule has 0 atom stereocenters. The molecular formula is C19H33N5. The van der Waals surface area contributed by atoms with Crippen molar-refractivity contribution in [2.45, 2.75) is 58.9 Å². The van der Waals surface area contributed by atoms with E-state index in [9.17, 15) is 0 Å². The minimum atomic E-state index is 0.247. The highest BCUT2D eigenvalue weighted by Crippen LogP contribution is 2.25. The Kier molecular flexibility index (Phi) is 5.59. The molecule has 0 amide bonds. The second-order valence-electron chi connectivity index (χ2n) is 8.49. The molecule has 134 valence electrons. The normalized spacial score (nSPS) is 21.0. The van der Waals surface area contributed by atoms with Gasteiger partial charge >= 0.3 is 0 Å². The summed E-state index contributed by atoms with van der Waals surface area (Å²) < 4.78 is 0. The fourth-order valence-electron chi connectivity index (χ4n) is 3.73. The summed E-state index contributed by atoms with van der Waals surface area (Å²) in [6.45, 7) is 12.1. The summed E-state index contributed by atoms with van der Waals surface area (Å²) >= 11 is 0. The Bertz CT molecular complexity index is 511. The zero-order chi connectivity index (χ0) is 17.0. The lowest BCUT2D eigenvalue weighted by atomic mass is 9.94. The van der Waals surface area contributed by atoms with Crippen LogP contribution in [0.1, 0.15) is 52.9 Å². The predicted molar refractivity (Wildman–Crippen MR) is 101 cm³/mol. The summed E-state index contributed by atoms with van der Waals surface area (Å²) in [7, 11) is 0. The van der Waals surface area contributed by atoms with Crippen molar-refractivity contribution in [3.05, 3.63) is 12.4 Å². The Hall–Kier alpha value is -1.36. The number of nitrogens with zero attached hydrogens (tertiary/aromatic N) is 4. The van der Waals surface area contributed by atoms with Crippen molar-refractivity contribution < 1.29 is 0 Å². The maximum atomic E-state index is 4.50. The standard InChI is InChI=1S/C19H33N5/c1-19(2,3)14-20-17-13-18(22-15-21-17)24-11-9-23(10-12-24)16-7-5-4-6-8-16/h13,15-16H,4-12,14H2,1-3H3,(H,20,21,22). The van der Waals surface area contributed by atoms with Gasteiger partial charge in [-0.15, -0.1) is 0 Å². The Morgan fingerprint density at radius 1 is 1.04 bits per heavy atom. The molecule has 1 aromatic rings. The quantitative estimate of drug-likeness (QED) is 0.916. The number of nitrogens with one attached hydrogen (secondary N) is 1. The molecule has 0 aromatic carbocycles. The number of hydrogen-bond acceptors (Lipinski definition) is 5. The molecule has 0 bridgehead atoms. The summed E-state index contributed by atoms with van der Waals surface area (Å²) in [6.07, 6.45) is 8.75. The van der Waals surface area contributed by atoms with Crippen LogP contribution in [-0.2, 0) is 0 Å². The van der Waals surface area contributed by atoms with Crippen LogP contribution in [0.5, 0.6) is 0 Å². The van der Waals surface area contributed by atoms with Crippen LogP contribution in [0, 0.1) is 5.41 Å². The molecule has 0 radical (unpaired) electrons. The first kappa shape index (κ1) is 17.5. The van der Waals surface area contributed by atoms with Crippen LogP contribution in [-0.4, -0.2) is 53.6 Å². The molecule has 2 heterocycles. The van der Waals surface area contributed by atoms with Gasteiger partial charge in [0.1, 0.15) is 18.0 Å². The molecule has 1 aliphatic carbocycles. The fraction of sp³-hybridized carbons (Fsp3) is 0.789. The Morgan fingerprint density at radius 2 is 1.75 bits per heavy atom. The monoisotopic (exact) mass is 331 g/mol. The topological polar surface area (TPSA) is 44.3 Å².